The monoisotopic (exact) mass is 504 g/mol. The standard InChI is InChI=1S/C12H5F17O2/c1-3(2)4(30)31-9(20,12(27,28)29)8(18,19)7(16,17)6(14,15)5(13,10(21,22)23)11(24,25)26/h1H2,2H3. The van der Waals surface area contributed by atoms with E-state index in [4.69, 9.17) is 0 Å². The quantitative estimate of drug-likeness (QED) is 0.250. The first-order valence-electron chi connectivity index (χ1n) is 6.68. The number of alkyl halides is 17. The normalized spacial score (nSPS) is 17.2. The Balaban J connectivity index is 7.18. The molecule has 0 aliphatic rings. The molecule has 0 aromatic heterocycles. The number of rotatable bonds is 6. The van der Waals surface area contributed by atoms with Crippen LogP contribution in [0.4, 0.5) is 74.6 Å². The molecule has 0 aromatic rings. The average Bonchev–Trinajstić information content (AvgIpc) is 2.49. The Hall–Kier alpha value is -1.98. The van der Waals surface area contributed by atoms with E-state index in [1.807, 2.05) is 0 Å². The van der Waals surface area contributed by atoms with E-state index in [-0.39, 0.29) is 6.92 Å². The lowest BCUT2D eigenvalue weighted by atomic mass is 9.85. The van der Waals surface area contributed by atoms with Gasteiger partial charge < -0.3 is 4.74 Å². The molecule has 0 saturated heterocycles. The van der Waals surface area contributed by atoms with Crippen LogP contribution >= 0.6 is 0 Å². The van der Waals surface area contributed by atoms with E-state index in [1.165, 1.54) is 0 Å². The highest BCUT2D eigenvalue weighted by atomic mass is 19.4. The van der Waals surface area contributed by atoms with Gasteiger partial charge in [-0.05, 0) is 6.92 Å². The minimum absolute atomic E-state index is 0.254. The van der Waals surface area contributed by atoms with Crippen LogP contribution in [-0.4, -0.2) is 53.8 Å². The molecule has 0 heterocycles. The second-order valence-electron chi connectivity index (χ2n) is 5.64. The molecule has 0 aliphatic heterocycles. The van der Waals surface area contributed by atoms with Crippen molar-refractivity contribution in [3.63, 3.8) is 0 Å². The van der Waals surface area contributed by atoms with Gasteiger partial charge in [0, 0.05) is 5.57 Å². The van der Waals surface area contributed by atoms with Crippen LogP contribution in [-0.2, 0) is 9.53 Å². The van der Waals surface area contributed by atoms with E-state index in [0.717, 1.165) is 0 Å². The van der Waals surface area contributed by atoms with Gasteiger partial charge in [-0.15, -0.1) is 0 Å². The summed E-state index contributed by atoms with van der Waals surface area (Å²) >= 11 is 0. The molecular formula is C12H5F17O2. The van der Waals surface area contributed by atoms with Gasteiger partial charge in [0.15, 0.2) is 0 Å². The smallest absolute Gasteiger partial charge is 0.411 e. The van der Waals surface area contributed by atoms with E-state index < -0.39 is 59.4 Å². The maximum atomic E-state index is 13.8. The predicted molar refractivity (Wildman–Crippen MR) is 61.6 cm³/mol. The van der Waals surface area contributed by atoms with Gasteiger partial charge in [0.2, 0.25) is 0 Å². The summed E-state index contributed by atoms with van der Waals surface area (Å²) < 4.78 is 222. The van der Waals surface area contributed by atoms with Gasteiger partial charge in [0.25, 0.3) is 0 Å². The van der Waals surface area contributed by atoms with Crippen LogP contribution in [0.1, 0.15) is 6.92 Å². The van der Waals surface area contributed by atoms with Crippen LogP contribution < -0.4 is 0 Å². The molecule has 0 rings (SSSR count). The number of ether oxygens (including phenoxy) is 1. The molecule has 31 heavy (non-hydrogen) atoms. The van der Waals surface area contributed by atoms with Gasteiger partial charge in [-0.25, -0.2) is 9.18 Å². The molecule has 0 aromatic carbocycles. The summed E-state index contributed by atoms with van der Waals surface area (Å²) in [7, 11) is 0. The molecule has 0 saturated carbocycles. The number of esters is 1. The van der Waals surface area contributed by atoms with Gasteiger partial charge in [-0.3, -0.25) is 0 Å². The number of hydrogen-bond acceptors (Lipinski definition) is 2. The fourth-order valence-corrected chi connectivity index (χ4v) is 1.65. The minimum Gasteiger partial charge on any atom is -0.411 e. The first-order valence-corrected chi connectivity index (χ1v) is 6.68. The lowest BCUT2D eigenvalue weighted by molar-refractivity contribution is -0.480. The largest absolute Gasteiger partial charge is 0.467 e. The van der Waals surface area contributed by atoms with Crippen molar-refractivity contribution in [1.29, 1.82) is 0 Å². The molecule has 1 unspecified atom stereocenters. The summed E-state index contributed by atoms with van der Waals surface area (Å²) in [6, 6.07) is 0. The average molecular weight is 504 g/mol. The zero-order valence-corrected chi connectivity index (χ0v) is 13.9. The molecule has 0 N–H and O–H groups in total. The van der Waals surface area contributed by atoms with Crippen molar-refractivity contribution in [1.82, 2.24) is 0 Å². The lowest BCUT2D eigenvalue weighted by Gasteiger charge is -2.44. The molecule has 19 heteroatoms. The van der Waals surface area contributed by atoms with Gasteiger partial charge >= 0.3 is 53.8 Å². The van der Waals surface area contributed by atoms with E-state index in [1.54, 1.807) is 0 Å². The number of carbonyl (C=O) groups is 1. The maximum absolute atomic E-state index is 13.8. The molecule has 1 atom stereocenters. The van der Waals surface area contributed by atoms with Crippen molar-refractivity contribution in [2.24, 2.45) is 0 Å². The summed E-state index contributed by atoms with van der Waals surface area (Å²) in [6.07, 6.45) is -24.1. The van der Waals surface area contributed by atoms with Crippen molar-refractivity contribution in [2.45, 2.75) is 54.7 Å². The second kappa shape index (κ2) is 7.28. The van der Waals surface area contributed by atoms with Crippen LogP contribution in [0.2, 0.25) is 0 Å². The number of carbonyl (C=O) groups excluding carboxylic acids is 1. The molecule has 0 bridgehead atoms. The third-order valence-corrected chi connectivity index (χ3v) is 3.35. The number of halogens is 17. The third-order valence-electron chi connectivity index (χ3n) is 3.35. The highest BCUT2D eigenvalue weighted by Gasteiger charge is 2.97. The van der Waals surface area contributed by atoms with E-state index in [0.29, 0.717) is 0 Å². The Kier molecular flexibility index (Phi) is 6.81. The molecule has 0 amide bonds. The van der Waals surface area contributed by atoms with Crippen LogP contribution in [0.5, 0.6) is 0 Å². The minimum atomic E-state index is -8.85. The Bertz CT molecular complexity index is 698. The molecule has 0 aliphatic carbocycles. The molecule has 0 spiro atoms. The zero-order chi connectivity index (χ0) is 25.9. The predicted octanol–water partition coefficient (Wildman–Crippen LogP) is 6.07. The summed E-state index contributed by atoms with van der Waals surface area (Å²) in [4.78, 5) is 10.9. The van der Waals surface area contributed by atoms with Gasteiger partial charge in [-0.2, -0.15) is 70.2 Å². The fourth-order valence-electron chi connectivity index (χ4n) is 1.65. The molecule has 184 valence electrons. The third kappa shape index (κ3) is 3.87. The first kappa shape index (κ1) is 29.0. The Morgan fingerprint density at radius 3 is 1.13 bits per heavy atom. The SMILES string of the molecule is C=C(C)C(=O)OC(F)(C(F)(F)F)C(F)(F)C(F)(F)C(F)(F)C(F)(C(F)(F)F)C(F)(F)F. The maximum Gasteiger partial charge on any atom is 0.467 e. The first-order chi connectivity index (χ1) is 13.1. The van der Waals surface area contributed by atoms with Crippen LogP contribution in [0.3, 0.4) is 0 Å². The van der Waals surface area contributed by atoms with E-state index >= 15 is 0 Å². The summed E-state index contributed by atoms with van der Waals surface area (Å²) in [5, 5.41) is 0. The second-order valence-corrected chi connectivity index (χ2v) is 5.64. The van der Waals surface area contributed by atoms with Crippen molar-refractivity contribution in [2.75, 3.05) is 0 Å². The molecule has 2 nitrogen and oxygen atoms in total. The van der Waals surface area contributed by atoms with E-state index in [2.05, 4.69) is 11.3 Å². The summed E-state index contributed by atoms with van der Waals surface area (Å²) in [5.74, 6) is -36.8. The van der Waals surface area contributed by atoms with Gasteiger partial charge in [0.05, 0.1) is 0 Å². The number of hydrogen-bond donors (Lipinski definition) is 0. The van der Waals surface area contributed by atoms with Crippen LogP contribution in [0.25, 0.3) is 0 Å². The summed E-state index contributed by atoms with van der Waals surface area (Å²) in [6.45, 7) is 2.63. The highest BCUT2D eigenvalue weighted by Crippen LogP contribution is 2.65. The highest BCUT2D eigenvalue weighted by molar-refractivity contribution is 5.87. The van der Waals surface area contributed by atoms with Crippen LogP contribution in [0.15, 0.2) is 12.2 Å². The fraction of sp³-hybridized carbons (Fsp3) is 0.750. The summed E-state index contributed by atoms with van der Waals surface area (Å²) in [5.41, 5.74) is -10.1. The zero-order valence-electron chi connectivity index (χ0n) is 13.9. The van der Waals surface area contributed by atoms with Crippen molar-refractivity contribution < 1.29 is 84.2 Å². The lowest BCUT2D eigenvalue weighted by Crippen LogP contribution is -2.77. The Morgan fingerprint density at radius 2 is 0.903 bits per heavy atom. The van der Waals surface area contributed by atoms with Crippen molar-refractivity contribution in [3.8, 4) is 0 Å². The Labute approximate surface area is 158 Å². The van der Waals surface area contributed by atoms with Gasteiger partial charge in [0.1, 0.15) is 0 Å². The van der Waals surface area contributed by atoms with Crippen LogP contribution in [0, 0.1) is 0 Å². The topological polar surface area (TPSA) is 26.3 Å². The molecule has 0 fully saturated rings. The van der Waals surface area contributed by atoms with Gasteiger partial charge in [-0.1, -0.05) is 6.58 Å². The van der Waals surface area contributed by atoms with E-state index in [9.17, 15) is 79.4 Å². The van der Waals surface area contributed by atoms with Crippen molar-refractivity contribution in [3.05, 3.63) is 12.2 Å². The molecular weight excluding hydrogens is 499 g/mol. The Morgan fingerprint density at radius 1 is 0.581 bits per heavy atom. The molecule has 0 radical (unpaired) electrons. The van der Waals surface area contributed by atoms with Crippen molar-refractivity contribution >= 4 is 5.97 Å².